The first kappa shape index (κ1) is 10.6. The summed E-state index contributed by atoms with van der Waals surface area (Å²) >= 11 is 0. The summed E-state index contributed by atoms with van der Waals surface area (Å²) in [6.45, 7) is 5.28. The number of hydrogen-bond donors (Lipinski definition) is 1. The zero-order valence-electron chi connectivity index (χ0n) is 9.02. The molecule has 5 heteroatoms. The Morgan fingerprint density at radius 3 is 2.56 bits per heavy atom. The van der Waals surface area contributed by atoms with E-state index in [1.54, 1.807) is 4.90 Å². The first-order chi connectivity index (χ1) is 7.68. The number of hydrogen-bond acceptors (Lipinski definition) is 4. The smallest absolute Gasteiger partial charge is 0.276 e. The lowest BCUT2D eigenvalue weighted by molar-refractivity contribution is 0.0738. The summed E-state index contributed by atoms with van der Waals surface area (Å²) < 4.78 is 0. The number of amides is 1. The summed E-state index contributed by atoms with van der Waals surface area (Å²) in [6.07, 6.45) is 4.66. The van der Waals surface area contributed by atoms with Gasteiger partial charge in [0, 0.05) is 25.5 Å². The molecule has 1 aromatic rings. The topological polar surface area (TPSA) is 72.1 Å². The molecule has 1 aliphatic rings. The SMILES string of the molecule is C=C1CCN(C(=O)c2nccnc2N)CC1. The molecule has 0 radical (unpaired) electrons. The van der Waals surface area contributed by atoms with Gasteiger partial charge in [-0.05, 0) is 12.8 Å². The molecule has 0 aliphatic carbocycles. The Kier molecular flexibility index (Phi) is 2.85. The molecule has 1 aromatic heterocycles. The Morgan fingerprint density at radius 2 is 1.94 bits per heavy atom. The van der Waals surface area contributed by atoms with Crippen LogP contribution in [-0.4, -0.2) is 33.9 Å². The van der Waals surface area contributed by atoms with Crippen LogP contribution >= 0.6 is 0 Å². The van der Waals surface area contributed by atoms with Crippen molar-refractivity contribution in [1.29, 1.82) is 0 Å². The molecule has 0 unspecified atom stereocenters. The van der Waals surface area contributed by atoms with Crippen LogP contribution in [0.2, 0.25) is 0 Å². The fraction of sp³-hybridized carbons (Fsp3) is 0.364. The maximum Gasteiger partial charge on any atom is 0.276 e. The summed E-state index contributed by atoms with van der Waals surface area (Å²) in [4.78, 5) is 21.6. The molecule has 0 saturated carbocycles. The highest BCUT2D eigenvalue weighted by Gasteiger charge is 2.22. The van der Waals surface area contributed by atoms with Crippen LogP contribution in [0, 0.1) is 0 Å². The number of nitrogens with two attached hydrogens (primary N) is 1. The van der Waals surface area contributed by atoms with E-state index in [0.29, 0.717) is 13.1 Å². The predicted molar refractivity (Wildman–Crippen MR) is 60.7 cm³/mol. The van der Waals surface area contributed by atoms with E-state index < -0.39 is 0 Å². The summed E-state index contributed by atoms with van der Waals surface area (Å²) in [5, 5.41) is 0. The average molecular weight is 218 g/mol. The third kappa shape index (κ3) is 2.03. The van der Waals surface area contributed by atoms with Gasteiger partial charge in [0.2, 0.25) is 0 Å². The van der Waals surface area contributed by atoms with E-state index in [1.165, 1.54) is 18.0 Å². The van der Waals surface area contributed by atoms with Gasteiger partial charge in [-0.15, -0.1) is 0 Å². The van der Waals surface area contributed by atoms with Crippen molar-refractivity contribution in [3.8, 4) is 0 Å². The molecular weight excluding hydrogens is 204 g/mol. The van der Waals surface area contributed by atoms with Gasteiger partial charge in [-0.2, -0.15) is 0 Å². The van der Waals surface area contributed by atoms with Gasteiger partial charge < -0.3 is 10.6 Å². The summed E-state index contributed by atoms with van der Waals surface area (Å²) in [5.41, 5.74) is 7.05. The standard InChI is InChI=1S/C11H14N4O/c1-8-2-6-15(7-3-8)11(16)9-10(12)14-5-4-13-9/h4-5H,1-3,6-7H2,(H2,12,14). The zero-order valence-corrected chi connectivity index (χ0v) is 9.02. The average Bonchev–Trinajstić information content (AvgIpc) is 2.30. The Morgan fingerprint density at radius 1 is 1.31 bits per heavy atom. The fourth-order valence-electron chi connectivity index (χ4n) is 1.69. The van der Waals surface area contributed by atoms with Gasteiger partial charge in [-0.1, -0.05) is 12.2 Å². The van der Waals surface area contributed by atoms with Crippen LogP contribution in [0.5, 0.6) is 0 Å². The van der Waals surface area contributed by atoms with Gasteiger partial charge >= 0.3 is 0 Å². The minimum Gasteiger partial charge on any atom is -0.382 e. The first-order valence-corrected chi connectivity index (χ1v) is 5.21. The third-order valence-corrected chi connectivity index (χ3v) is 2.69. The molecule has 16 heavy (non-hydrogen) atoms. The maximum atomic E-state index is 12.0. The second-order valence-corrected chi connectivity index (χ2v) is 3.83. The third-order valence-electron chi connectivity index (χ3n) is 2.69. The van der Waals surface area contributed by atoms with Crippen molar-refractivity contribution in [2.24, 2.45) is 0 Å². The number of anilines is 1. The second-order valence-electron chi connectivity index (χ2n) is 3.83. The lowest BCUT2D eigenvalue weighted by Crippen LogP contribution is -2.37. The molecule has 1 aliphatic heterocycles. The van der Waals surface area contributed by atoms with E-state index in [1.807, 2.05) is 0 Å². The Bertz CT molecular complexity index is 420. The molecule has 2 heterocycles. The van der Waals surface area contributed by atoms with Crippen molar-refractivity contribution in [2.45, 2.75) is 12.8 Å². The Balaban J connectivity index is 2.14. The molecule has 2 rings (SSSR count). The number of nitrogen functional groups attached to an aromatic ring is 1. The van der Waals surface area contributed by atoms with Gasteiger partial charge in [0.25, 0.3) is 5.91 Å². The zero-order chi connectivity index (χ0) is 11.5. The predicted octanol–water partition coefficient (Wildman–Crippen LogP) is 0.851. The van der Waals surface area contributed by atoms with Gasteiger partial charge in [0.05, 0.1) is 0 Å². The quantitative estimate of drug-likeness (QED) is 0.709. The van der Waals surface area contributed by atoms with Crippen LogP contribution in [-0.2, 0) is 0 Å². The summed E-state index contributed by atoms with van der Waals surface area (Å²) in [5.74, 6) is 0.0509. The van der Waals surface area contributed by atoms with Crippen LogP contribution in [0.3, 0.4) is 0 Å². The number of piperidine rings is 1. The van der Waals surface area contributed by atoms with E-state index in [2.05, 4.69) is 16.5 Å². The molecule has 0 aromatic carbocycles. The van der Waals surface area contributed by atoms with E-state index >= 15 is 0 Å². The number of carbonyl (C=O) groups is 1. The van der Waals surface area contributed by atoms with Crippen LogP contribution in [0.15, 0.2) is 24.5 Å². The van der Waals surface area contributed by atoms with Gasteiger partial charge in [-0.3, -0.25) is 4.79 Å². The molecule has 0 spiro atoms. The molecule has 1 amide bonds. The molecule has 1 saturated heterocycles. The van der Waals surface area contributed by atoms with Crippen molar-refractivity contribution in [1.82, 2.24) is 14.9 Å². The highest BCUT2D eigenvalue weighted by molar-refractivity contribution is 5.96. The molecule has 0 bridgehead atoms. The minimum absolute atomic E-state index is 0.141. The molecule has 1 fully saturated rings. The Labute approximate surface area is 94.0 Å². The lowest BCUT2D eigenvalue weighted by Gasteiger charge is -2.27. The molecule has 5 nitrogen and oxygen atoms in total. The lowest BCUT2D eigenvalue weighted by atomic mass is 10.1. The molecule has 2 N–H and O–H groups in total. The normalized spacial score (nSPS) is 16.2. The maximum absolute atomic E-state index is 12.0. The minimum atomic E-state index is -0.141. The number of likely N-dealkylation sites (tertiary alicyclic amines) is 1. The van der Waals surface area contributed by atoms with Gasteiger partial charge in [0.1, 0.15) is 0 Å². The number of rotatable bonds is 1. The number of nitrogens with zero attached hydrogens (tertiary/aromatic N) is 3. The highest BCUT2D eigenvalue weighted by atomic mass is 16.2. The Hall–Kier alpha value is -1.91. The van der Waals surface area contributed by atoms with E-state index in [-0.39, 0.29) is 17.4 Å². The summed E-state index contributed by atoms with van der Waals surface area (Å²) in [7, 11) is 0. The first-order valence-electron chi connectivity index (χ1n) is 5.21. The second kappa shape index (κ2) is 4.30. The molecule has 0 atom stereocenters. The molecule has 84 valence electrons. The van der Waals surface area contributed by atoms with Crippen LogP contribution in [0.1, 0.15) is 23.3 Å². The molecular formula is C11H14N4O. The monoisotopic (exact) mass is 218 g/mol. The van der Waals surface area contributed by atoms with Crippen LogP contribution in [0.4, 0.5) is 5.82 Å². The largest absolute Gasteiger partial charge is 0.382 e. The summed E-state index contributed by atoms with van der Waals surface area (Å²) in [6, 6.07) is 0. The van der Waals surface area contributed by atoms with Crippen molar-refractivity contribution in [3.63, 3.8) is 0 Å². The van der Waals surface area contributed by atoms with Crippen molar-refractivity contribution >= 4 is 11.7 Å². The van der Waals surface area contributed by atoms with Crippen molar-refractivity contribution < 1.29 is 4.79 Å². The van der Waals surface area contributed by atoms with Crippen LogP contribution in [0.25, 0.3) is 0 Å². The highest BCUT2D eigenvalue weighted by Crippen LogP contribution is 2.17. The van der Waals surface area contributed by atoms with Crippen molar-refractivity contribution in [2.75, 3.05) is 18.8 Å². The van der Waals surface area contributed by atoms with Crippen LogP contribution < -0.4 is 5.73 Å². The number of carbonyl (C=O) groups excluding carboxylic acids is 1. The fourth-order valence-corrected chi connectivity index (χ4v) is 1.69. The van der Waals surface area contributed by atoms with Gasteiger partial charge in [0.15, 0.2) is 11.5 Å². The number of aromatic nitrogens is 2. The van der Waals surface area contributed by atoms with Gasteiger partial charge in [-0.25, -0.2) is 9.97 Å². The van der Waals surface area contributed by atoms with E-state index in [0.717, 1.165) is 12.8 Å². The van der Waals surface area contributed by atoms with E-state index in [4.69, 9.17) is 5.73 Å². The van der Waals surface area contributed by atoms with Crippen molar-refractivity contribution in [3.05, 3.63) is 30.2 Å². The van der Waals surface area contributed by atoms with E-state index in [9.17, 15) is 4.79 Å².